The number of carbonyl (C=O) groups is 2. The number of amides is 3. The van der Waals surface area contributed by atoms with Crippen molar-refractivity contribution in [3.8, 4) is 0 Å². The lowest BCUT2D eigenvalue weighted by Crippen LogP contribution is -2.41. The molecule has 1 aliphatic heterocycles. The molecule has 1 fully saturated rings. The number of benzene rings is 1. The molecule has 5 nitrogen and oxygen atoms in total. The number of hydrogen-bond acceptors (Lipinski definition) is 3. The van der Waals surface area contributed by atoms with Crippen molar-refractivity contribution in [3.05, 3.63) is 29.3 Å². The molecule has 3 amide bonds. The Morgan fingerprint density at radius 1 is 1.26 bits per heavy atom. The van der Waals surface area contributed by atoms with Gasteiger partial charge in [-0.3, -0.25) is 4.79 Å². The first-order valence-corrected chi connectivity index (χ1v) is 6.26. The molecule has 0 spiro atoms. The molecule has 1 saturated heterocycles. The first kappa shape index (κ1) is 13.4. The molecular formula is C14H19N3O2. The second-order valence-electron chi connectivity index (χ2n) is 5.44. The molecule has 1 aromatic carbocycles. The number of aryl methyl sites for hydroxylation is 2. The maximum atomic E-state index is 12.0. The van der Waals surface area contributed by atoms with Crippen molar-refractivity contribution in [2.24, 2.45) is 0 Å². The van der Waals surface area contributed by atoms with Gasteiger partial charge in [0, 0.05) is 5.69 Å². The highest BCUT2D eigenvalue weighted by Gasteiger charge is 2.43. The van der Waals surface area contributed by atoms with E-state index >= 15 is 0 Å². The lowest BCUT2D eigenvalue weighted by Gasteiger charge is -2.18. The monoisotopic (exact) mass is 261 g/mol. The molecule has 1 aliphatic rings. The van der Waals surface area contributed by atoms with Gasteiger partial charge in [0.1, 0.15) is 5.54 Å². The van der Waals surface area contributed by atoms with E-state index in [9.17, 15) is 9.59 Å². The van der Waals surface area contributed by atoms with E-state index in [1.807, 2.05) is 26.0 Å². The van der Waals surface area contributed by atoms with Crippen LogP contribution in [-0.4, -0.2) is 29.0 Å². The molecule has 0 saturated carbocycles. The fourth-order valence-electron chi connectivity index (χ4n) is 2.14. The quantitative estimate of drug-likeness (QED) is 0.818. The van der Waals surface area contributed by atoms with Gasteiger partial charge in [-0.1, -0.05) is 17.7 Å². The largest absolute Gasteiger partial charge is 0.367 e. The third-order valence-electron chi connectivity index (χ3n) is 3.25. The van der Waals surface area contributed by atoms with Gasteiger partial charge in [-0.2, -0.15) is 0 Å². The molecule has 2 rings (SSSR count). The molecule has 0 aliphatic carbocycles. The molecule has 0 bridgehead atoms. The minimum absolute atomic E-state index is 0.179. The normalized spacial score (nSPS) is 17.6. The lowest BCUT2D eigenvalue weighted by atomic mass is 10.1. The second-order valence-corrected chi connectivity index (χ2v) is 5.44. The summed E-state index contributed by atoms with van der Waals surface area (Å²) < 4.78 is 0. The van der Waals surface area contributed by atoms with Crippen LogP contribution >= 0.6 is 0 Å². The molecule has 1 aromatic rings. The zero-order valence-electron chi connectivity index (χ0n) is 11.7. The first-order chi connectivity index (χ1) is 8.81. The average molecular weight is 261 g/mol. The van der Waals surface area contributed by atoms with Crippen LogP contribution in [0.5, 0.6) is 0 Å². The smallest absolute Gasteiger partial charge is 0.326 e. The number of nitrogens with zero attached hydrogens (tertiary/aromatic N) is 1. The summed E-state index contributed by atoms with van der Waals surface area (Å²) in [7, 11) is 0. The summed E-state index contributed by atoms with van der Waals surface area (Å²) in [6.45, 7) is 7.59. The van der Waals surface area contributed by atoms with Crippen molar-refractivity contribution in [1.82, 2.24) is 10.2 Å². The summed E-state index contributed by atoms with van der Waals surface area (Å²) >= 11 is 0. The minimum atomic E-state index is -0.818. The van der Waals surface area contributed by atoms with Crippen LogP contribution in [0.1, 0.15) is 25.0 Å². The number of rotatable bonds is 3. The van der Waals surface area contributed by atoms with E-state index < -0.39 is 5.54 Å². The van der Waals surface area contributed by atoms with Crippen LogP contribution in [0.2, 0.25) is 0 Å². The van der Waals surface area contributed by atoms with Crippen LogP contribution in [-0.2, 0) is 4.79 Å². The fourth-order valence-corrected chi connectivity index (χ4v) is 2.14. The fraction of sp³-hybridized carbons (Fsp3) is 0.429. The highest BCUT2D eigenvalue weighted by Crippen LogP contribution is 2.19. The molecule has 0 radical (unpaired) electrons. The number of hydrogen-bond donors (Lipinski definition) is 2. The van der Waals surface area contributed by atoms with Crippen molar-refractivity contribution in [2.75, 3.05) is 12.0 Å². The maximum absolute atomic E-state index is 12.0. The third kappa shape index (κ3) is 2.54. The van der Waals surface area contributed by atoms with E-state index in [0.29, 0.717) is 0 Å². The van der Waals surface area contributed by atoms with E-state index in [1.54, 1.807) is 13.8 Å². The van der Waals surface area contributed by atoms with Gasteiger partial charge < -0.3 is 10.6 Å². The molecule has 102 valence electrons. The summed E-state index contributed by atoms with van der Waals surface area (Å²) in [5.41, 5.74) is 2.38. The highest BCUT2D eigenvalue weighted by molar-refractivity contribution is 6.06. The van der Waals surface area contributed by atoms with Crippen LogP contribution in [0.4, 0.5) is 10.5 Å². The van der Waals surface area contributed by atoms with Gasteiger partial charge >= 0.3 is 6.03 Å². The highest BCUT2D eigenvalue weighted by atomic mass is 16.2. The Kier molecular flexibility index (Phi) is 3.22. The van der Waals surface area contributed by atoms with Crippen LogP contribution in [0.25, 0.3) is 0 Å². The van der Waals surface area contributed by atoms with Gasteiger partial charge in [0.25, 0.3) is 5.91 Å². The molecule has 0 unspecified atom stereocenters. The summed E-state index contributed by atoms with van der Waals surface area (Å²) in [5.74, 6) is -0.213. The molecular weight excluding hydrogens is 242 g/mol. The van der Waals surface area contributed by atoms with Gasteiger partial charge in [0.05, 0.1) is 6.67 Å². The van der Waals surface area contributed by atoms with Gasteiger partial charge in [0.2, 0.25) is 0 Å². The Hall–Kier alpha value is -2.04. The SMILES string of the molecule is Cc1ccc(NCN2C(=O)NC(C)(C)C2=O)c(C)c1. The minimum Gasteiger partial charge on any atom is -0.367 e. The van der Waals surface area contributed by atoms with Crippen LogP contribution < -0.4 is 10.6 Å². The topological polar surface area (TPSA) is 61.4 Å². The molecule has 5 heteroatoms. The second kappa shape index (κ2) is 4.57. The van der Waals surface area contributed by atoms with Crippen LogP contribution in [0, 0.1) is 13.8 Å². The average Bonchev–Trinajstić information content (AvgIpc) is 2.49. The molecule has 0 aromatic heterocycles. The Morgan fingerprint density at radius 3 is 2.47 bits per heavy atom. The number of carbonyl (C=O) groups excluding carboxylic acids is 2. The van der Waals surface area contributed by atoms with Gasteiger partial charge in [0.15, 0.2) is 0 Å². The third-order valence-corrected chi connectivity index (χ3v) is 3.25. The van der Waals surface area contributed by atoms with Crippen molar-refractivity contribution in [1.29, 1.82) is 0 Å². The van der Waals surface area contributed by atoms with Crippen LogP contribution in [0.15, 0.2) is 18.2 Å². The standard InChI is InChI=1S/C14H19N3O2/c1-9-5-6-11(10(2)7-9)15-8-17-12(18)14(3,4)16-13(17)19/h5-7,15H,8H2,1-4H3,(H,16,19). The predicted molar refractivity (Wildman–Crippen MR) is 73.9 cm³/mol. The Balaban J connectivity index is 2.07. The zero-order valence-corrected chi connectivity index (χ0v) is 11.7. The number of urea groups is 1. The summed E-state index contributed by atoms with van der Waals surface area (Å²) in [5, 5.41) is 5.78. The molecule has 19 heavy (non-hydrogen) atoms. The molecule has 1 heterocycles. The van der Waals surface area contributed by atoms with Crippen molar-refractivity contribution in [3.63, 3.8) is 0 Å². The van der Waals surface area contributed by atoms with Gasteiger partial charge in [-0.15, -0.1) is 0 Å². The van der Waals surface area contributed by atoms with Gasteiger partial charge in [-0.05, 0) is 39.3 Å². The summed E-state index contributed by atoms with van der Waals surface area (Å²) in [6, 6.07) is 5.64. The Labute approximate surface area is 113 Å². The Bertz CT molecular complexity index is 537. The molecule has 0 atom stereocenters. The van der Waals surface area contributed by atoms with E-state index in [1.165, 1.54) is 10.5 Å². The summed E-state index contributed by atoms with van der Waals surface area (Å²) in [4.78, 5) is 24.9. The number of anilines is 1. The number of imide groups is 1. The lowest BCUT2D eigenvalue weighted by molar-refractivity contribution is -0.129. The predicted octanol–water partition coefficient (Wildman–Crippen LogP) is 2.00. The Morgan fingerprint density at radius 2 is 1.95 bits per heavy atom. The van der Waals surface area contributed by atoms with E-state index in [0.717, 1.165) is 11.3 Å². The summed E-state index contributed by atoms with van der Waals surface area (Å²) in [6.07, 6.45) is 0. The van der Waals surface area contributed by atoms with Crippen molar-refractivity contribution >= 4 is 17.6 Å². The molecule has 2 N–H and O–H groups in total. The number of nitrogens with one attached hydrogen (secondary N) is 2. The van der Waals surface area contributed by atoms with Crippen LogP contribution in [0.3, 0.4) is 0 Å². The van der Waals surface area contributed by atoms with E-state index in [2.05, 4.69) is 16.7 Å². The first-order valence-electron chi connectivity index (χ1n) is 6.26. The zero-order chi connectivity index (χ0) is 14.2. The van der Waals surface area contributed by atoms with Gasteiger partial charge in [-0.25, -0.2) is 9.69 Å². The van der Waals surface area contributed by atoms with Crippen molar-refractivity contribution in [2.45, 2.75) is 33.2 Å². The van der Waals surface area contributed by atoms with E-state index in [4.69, 9.17) is 0 Å². The maximum Gasteiger partial charge on any atom is 0.326 e. The van der Waals surface area contributed by atoms with Crippen molar-refractivity contribution < 1.29 is 9.59 Å². The van der Waals surface area contributed by atoms with E-state index in [-0.39, 0.29) is 18.6 Å².